The van der Waals surface area contributed by atoms with Crippen LogP contribution in [0, 0.1) is 22.7 Å². The highest BCUT2D eigenvalue weighted by molar-refractivity contribution is 5.58. The Morgan fingerprint density at radius 2 is 1.81 bits per heavy atom. The molecular formula is C17H15N3O. The third-order valence-electron chi connectivity index (χ3n) is 3.10. The summed E-state index contributed by atoms with van der Waals surface area (Å²) in [5.74, 6) is 0.671. The van der Waals surface area contributed by atoms with Crippen molar-refractivity contribution in [2.75, 3.05) is 11.9 Å². The Morgan fingerprint density at radius 1 is 1.10 bits per heavy atom. The molecule has 4 heteroatoms. The van der Waals surface area contributed by atoms with Gasteiger partial charge in [0.25, 0.3) is 0 Å². The minimum absolute atomic E-state index is 0.0443. The lowest BCUT2D eigenvalue weighted by atomic mass is 10.1. The fourth-order valence-corrected chi connectivity index (χ4v) is 1.99. The van der Waals surface area contributed by atoms with Crippen molar-refractivity contribution in [1.82, 2.24) is 0 Å². The lowest BCUT2D eigenvalue weighted by molar-refractivity contribution is 0.368. The predicted octanol–water partition coefficient (Wildman–Crippen LogP) is 3.63. The van der Waals surface area contributed by atoms with Crippen LogP contribution < -0.4 is 10.1 Å². The normalized spacial score (nSPS) is 11.0. The van der Waals surface area contributed by atoms with Crippen LogP contribution in [-0.2, 0) is 0 Å². The molecule has 0 saturated carbocycles. The van der Waals surface area contributed by atoms with Crippen molar-refractivity contribution in [1.29, 1.82) is 10.5 Å². The number of hydrogen-bond donors (Lipinski definition) is 1. The van der Waals surface area contributed by atoms with Crippen LogP contribution in [0.3, 0.4) is 0 Å². The fraction of sp³-hybridized carbons (Fsp3) is 0.176. The van der Waals surface area contributed by atoms with Gasteiger partial charge in [-0.05, 0) is 36.8 Å². The van der Waals surface area contributed by atoms with Crippen molar-refractivity contribution in [2.45, 2.75) is 13.0 Å². The van der Waals surface area contributed by atoms with Crippen LogP contribution in [0.15, 0.2) is 48.5 Å². The van der Waals surface area contributed by atoms with E-state index in [1.165, 1.54) is 0 Å². The van der Waals surface area contributed by atoms with Gasteiger partial charge in [0.1, 0.15) is 17.9 Å². The number of nitrogens with one attached hydrogen (secondary N) is 1. The van der Waals surface area contributed by atoms with E-state index in [9.17, 15) is 0 Å². The van der Waals surface area contributed by atoms with Gasteiger partial charge >= 0.3 is 0 Å². The topological polar surface area (TPSA) is 68.8 Å². The number of rotatable bonds is 5. The summed E-state index contributed by atoms with van der Waals surface area (Å²) in [4.78, 5) is 0. The lowest BCUT2D eigenvalue weighted by Crippen LogP contribution is -2.07. The molecule has 0 heterocycles. The molecule has 0 amide bonds. The molecule has 0 aliphatic carbocycles. The van der Waals surface area contributed by atoms with Crippen LogP contribution in [0.1, 0.15) is 24.1 Å². The Bertz CT molecular complexity index is 680. The summed E-state index contributed by atoms with van der Waals surface area (Å²) in [6.45, 7) is 2.07. The number of anilines is 1. The second kappa shape index (κ2) is 6.98. The van der Waals surface area contributed by atoms with Crippen LogP contribution in [-0.4, -0.2) is 6.61 Å². The first-order valence-corrected chi connectivity index (χ1v) is 6.60. The summed E-state index contributed by atoms with van der Waals surface area (Å²) in [7, 11) is 0. The van der Waals surface area contributed by atoms with Gasteiger partial charge in [-0.3, -0.25) is 0 Å². The highest BCUT2D eigenvalue weighted by Gasteiger charge is 2.08. The molecule has 2 aromatic carbocycles. The van der Waals surface area contributed by atoms with E-state index in [0.29, 0.717) is 11.3 Å². The number of ether oxygens (including phenoxy) is 1. The largest absolute Gasteiger partial charge is 0.479 e. The van der Waals surface area contributed by atoms with Gasteiger partial charge in [0.05, 0.1) is 11.3 Å². The number of hydrogen-bond acceptors (Lipinski definition) is 4. The lowest BCUT2D eigenvalue weighted by Gasteiger charge is -2.17. The Labute approximate surface area is 124 Å². The molecule has 0 spiro atoms. The van der Waals surface area contributed by atoms with Crippen molar-refractivity contribution in [3.63, 3.8) is 0 Å². The molecule has 104 valence electrons. The van der Waals surface area contributed by atoms with Crippen LogP contribution in [0.25, 0.3) is 0 Å². The smallest absolute Gasteiger partial charge is 0.174 e. The van der Waals surface area contributed by atoms with Crippen LogP contribution >= 0.6 is 0 Å². The van der Waals surface area contributed by atoms with E-state index in [-0.39, 0.29) is 12.6 Å². The van der Waals surface area contributed by atoms with E-state index in [4.69, 9.17) is 15.3 Å². The molecule has 0 fully saturated rings. The average Bonchev–Trinajstić information content (AvgIpc) is 2.54. The van der Waals surface area contributed by atoms with Gasteiger partial charge in [-0.25, -0.2) is 0 Å². The first-order valence-electron chi connectivity index (χ1n) is 6.60. The summed E-state index contributed by atoms with van der Waals surface area (Å²) in [6.07, 6.45) is 0. The zero-order valence-electron chi connectivity index (χ0n) is 11.7. The van der Waals surface area contributed by atoms with Crippen molar-refractivity contribution in [2.24, 2.45) is 0 Å². The molecule has 1 N–H and O–H groups in total. The highest BCUT2D eigenvalue weighted by atomic mass is 16.5. The molecule has 4 nitrogen and oxygen atoms in total. The van der Waals surface area contributed by atoms with E-state index >= 15 is 0 Å². The summed E-state index contributed by atoms with van der Waals surface area (Å²) in [6, 6.07) is 19.1. The Balaban J connectivity index is 2.08. The Kier molecular flexibility index (Phi) is 4.79. The molecule has 0 aromatic heterocycles. The zero-order chi connectivity index (χ0) is 15.1. The number of nitriles is 2. The van der Waals surface area contributed by atoms with Crippen LogP contribution in [0.2, 0.25) is 0 Å². The minimum Gasteiger partial charge on any atom is -0.479 e. The third-order valence-corrected chi connectivity index (χ3v) is 3.10. The molecule has 0 saturated heterocycles. The van der Waals surface area contributed by atoms with Gasteiger partial charge in [-0.15, -0.1) is 0 Å². The molecule has 0 aliphatic rings. The second-order valence-corrected chi connectivity index (χ2v) is 4.54. The van der Waals surface area contributed by atoms with E-state index in [0.717, 1.165) is 11.3 Å². The third kappa shape index (κ3) is 3.75. The maximum Gasteiger partial charge on any atom is 0.174 e. The van der Waals surface area contributed by atoms with Crippen molar-refractivity contribution in [3.8, 4) is 17.9 Å². The van der Waals surface area contributed by atoms with Gasteiger partial charge in [0.15, 0.2) is 6.61 Å². The quantitative estimate of drug-likeness (QED) is 0.906. The van der Waals surface area contributed by atoms with E-state index in [2.05, 4.69) is 11.4 Å². The first-order chi connectivity index (χ1) is 10.2. The zero-order valence-corrected chi connectivity index (χ0v) is 11.7. The maximum atomic E-state index is 9.09. The predicted molar refractivity (Wildman–Crippen MR) is 80.7 cm³/mol. The molecule has 2 aromatic rings. The van der Waals surface area contributed by atoms with Gasteiger partial charge in [-0.1, -0.05) is 24.3 Å². The van der Waals surface area contributed by atoms with E-state index in [1.54, 1.807) is 6.07 Å². The van der Waals surface area contributed by atoms with Gasteiger partial charge in [0, 0.05) is 6.04 Å². The molecular weight excluding hydrogens is 262 g/mol. The highest BCUT2D eigenvalue weighted by Crippen LogP contribution is 2.23. The molecule has 0 bridgehead atoms. The molecule has 1 atom stereocenters. The summed E-state index contributed by atoms with van der Waals surface area (Å²) in [5.41, 5.74) is 2.52. The number of para-hydroxylation sites is 1. The molecule has 1 unspecified atom stereocenters. The van der Waals surface area contributed by atoms with Gasteiger partial charge in [-0.2, -0.15) is 10.5 Å². The molecule has 0 aliphatic heterocycles. The SMILES string of the molecule is CC(Nc1ccccc1C#N)c1ccc(OCC#N)cc1. The van der Waals surface area contributed by atoms with Crippen molar-refractivity contribution in [3.05, 3.63) is 59.7 Å². The monoisotopic (exact) mass is 277 g/mol. The first kappa shape index (κ1) is 14.4. The standard InChI is InChI=1S/C17H15N3O/c1-13(20-17-5-3-2-4-15(17)12-19)14-6-8-16(9-7-14)21-11-10-18/h2-9,13,20H,11H2,1H3. The molecule has 2 rings (SSSR count). The summed E-state index contributed by atoms with van der Waals surface area (Å²) >= 11 is 0. The van der Waals surface area contributed by atoms with Crippen LogP contribution in [0.4, 0.5) is 5.69 Å². The summed E-state index contributed by atoms with van der Waals surface area (Å²) in [5, 5.41) is 20.9. The second-order valence-electron chi connectivity index (χ2n) is 4.54. The van der Waals surface area contributed by atoms with E-state index < -0.39 is 0 Å². The number of nitrogens with zero attached hydrogens (tertiary/aromatic N) is 2. The number of benzene rings is 2. The molecule has 21 heavy (non-hydrogen) atoms. The van der Waals surface area contributed by atoms with E-state index in [1.807, 2.05) is 55.5 Å². The maximum absolute atomic E-state index is 9.09. The fourth-order valence-electron chi connectivity index (χ4n) is 1.99. The van der Waals surface area contributed by atoms with Crippen LogP contribution in [0.5, 0.6) is 5.75 Å². The van der Waals surface area contributed by atoms with Crippen molar-refractivity contribution < 1.29 is 4.74 Å². The molecule has 0 radical (unpaired) electrons. The van der Waals surface area contributed by atoms with Crippen molar-refractivity contribution >= 4 is 5.69 Å². The summed E-state index contributed by atoms with van der Waals surface area (Å²) < 4.78 is 5.22. The Morgan fingerprint density at radius 3 is 2.48 bits per heavy atom. The Hall–Kier alpha value is -2.98. The minimum atomic E-state index is 0.0443. The average molecular weight is 277 g/mol. The van der Waals surface area contributed by atoms with Gasteiger partial charge < -0.3 is 10.1 Å². The van der Waals surface area contributed by atoms with Gasteiger partial charge in [0.2, 0.25) is 0 Å².